The molecule has 2 aliphatic heterocycles. The first-order valence-electron chi connectivity index (χ1n) is 12.6. The molecule has 8 nitrogen and oxygen atoms in total. The van der Waals surface area contributed by atoms with Gasteiger partial charge in [0.05, 0.1) is 5.56 Å². The summed E-state index contributed by atoms with van der Waals surface area (Å²) in [4.78, 5) is 27.9. The molecule has 0 N–H and O–H groups in total. The fourth-order valence-corrected chi connectivity index (χ4v) is 5.16. The van der Waals surface area contributed by atoms with Crippen molar-refractivity contribution in [1.29, 1.82) is 0 Å². The van der Waals surface area contributed by atoms with Gasteiger partial charge in [-0.2, -0.15) is 0 Å². The summed E-state index contributed by atoms with van der Waals surface area (Å²) in [5.41, 5.74) is 1.76. The second-order valence-electron chi connectivity index (χ2n) is 10.6. The summed E-state index contributed by atoms with van der Waals surface area (Å²) >= 11 is 6.05. The van der Waals surface area contributed by atoms with Crippen LogP contribution in [0.2, 0.25) is 5.02 Å². The number of piperidine rings is 1. The quantitative estimate of drug-likeness (QED) is 0.373. The predicted octanol–water partition coefficient (Wildman–Crippen LogP) is 6.60. The summed E-state index contributed by atoms with van der Waals surface area (Å²) < 4.78 is 18.2. The Morgan fingerprint density at radius 3 is 2.35 bits per heavy atom. The van der Waals surface area contributed by atoms with Crippen LogP contribution in [0, 0.1) is 6.92 Å². The molecule has 2 aliphatic rings. The molecule has 2 unspecified atom stereocenters. The van der Waals surface area contributed by atoms with Gasteiger partial charge in [-0.1, -0.05) is 23.7 Å². The van der Waals surface area contributed by atoms with E-state index in [-0.39, 0.29) is 24.3 Å². The van der Waals surface area contributed by atoms with Gasteiger partial charge < -0.3 is 19.1 Å². The zero-order chi connectivity index (χ0) is 26.2. The Balaban J connectivity index is 1.30. The maximum absolute atomic E-state index is 12.8. The molecular weight excluding hydrogens is 492 g/mol. The van der Waals surface area contributed by atoms with Gasteiger partial charge in [0, 0.05) is 41.7 Å². The van der Waals surface area contributed by atoms with Crippen molar-refractivity contribution in [2.45, 2.75) is 77.2 Å². The molecule has 0 radical (unpaired) electrons. The summed E-state index contributed by atoms with van der Waals surface area (Å²) in [6, 6.07) is 11.3. The fourth-order valence-electron chi connectivity index (χ4n) is 5.04. The van der Waals surface area contributed by atoms with Crippen molar-refractivity contribution in [1.82, 2.24) is 19.9 Å². The van der Waals surface area contributed by atoms with E-state index in [2.05, 4.69) is 15.0 Å². The molecule has 0 spiro atoms. The Morgan fingerprint density at radius 2 is 1.68 bits per heavy atom. The van der Waals surface area contributed by atoms with E-state index in [4.69, 9.17) is 25.8 Å². The van der Waals surface area contributed by atoms with E-state index >= 15 is 0 Å². The van der Waals surface area contributed by atoms with Crippen molar-refractivity contribution in [3.63, 3.8) is 0 Å². The number of benzene rings is 1. The molecular formula is C28H31ClN4O4. The smallest absolute Gasteiger partial charge is 0.410 e. The number of fused-ring (bicyclic) bond motifs is 2. The van der Waals surface area contributed by atoms with Crippen LogP contribution in [0.1, 0.15) is 52.0 Å². The third kappa shape index (κ3) is 5.64. The minimum absolute atomic E-state index is 0.0549. The Bertz CT molecular complexity index is 1260. The van der Waals surface area contributed by atoms with E-state index in [0.29, 0.717) is 33.8 Å². The first-order valence-corrected chi connectivity index (χ1v) is 12.9. The normalized spacial score (nSPS) is 21.0. The lowest BCUT2D eigenvalue weighted by Crippen LogP contribution is -2.50. The maximum Gasteiger partial charge on any atom is 0.410 e. The van der Waals surface area contributed by atoms with E-state index in [1.165, 1.54) is 6.33 Å². The number of hydrogen-bond acceptors (Lipinski definition) is 7. The van der Waals surface area contributed by atoms with Crippen molar-refractivity contribution in [2.24, 2.45) is 0 Å². The summed E-state index contributed by atoms with van der Waals surface area (Å²) in [5.74, 6) is 1.46. The van der Waals surface area contributed by atoms with Crippen LogP contribution in [-0.4, -0.2) is 49.7 Å². The molecule has 1 amide bonds. The highest BCUT2D eigenvalue weighted by Gasteiger charge is 2.45. The summed E-state index contributed by atoms with van der Waals surface area (Å²) in [6.07, 6.45) is 6.25. The Kier molecular flexibility index (Phi) is 6.94. The highest BCUT2D eigenvalue weighted by Crippen LogP contribution is 2.39. The lowest BCUT2D eigenvalue weighted by atomic mass is 10.00. The maximum atomic E-state index is 12.8. The number of hydrogen-bond donors (Lipinski definition) is 0. The van der Waals surface area contributed by atoms with Crippen LogP contribution in [0.4, 0.5) is 4.79 Å². The number of carbonyl (C=O) groups is 1. The van der Waals surface area contributed by atoms with Gasteiger partial charge in [0.1, 0.15) is 23.7 Å². The predicted molar refractivity (Wildman–Crippen MR) is 140 cm³/mol. The van der Waals surface area contributed by atoms with Crippen LogP contribution in [-0.2, 0) is 4.74 Å². The number of carbonyl (C=O) groups excluding carboxylic acids is 1. The lowest BCUT2D eigenvalue weighted by molar-refractivity contribution is -0.00772. The average Bonchev–Trinajstić information content (AvgIpc) is 3.12. The topological polar surface area (TPSA) is 86.7 Å². The van der Waals surface area contributed by atoms with Gasteiger partial charge in [0.15, 0.2) is 5.75 Å². The van der Waals surface area contributed by atoms with Gasteiger partial charge in [-0.15, -0.1) is 0 Å². The van der Waals surface area contributed by atoms with Crippen LogP contribution in [0.3, 0.4) is 0 Å². The van der Waals surface area contributed by atoms with Gasteiger partial charge in [-0.25, -0.2) is 14.8 Å². The van der Waals surface area contributed by atoms with Crippen LogP contribution in [0.5, 0.6) is 17.5 Å². The van der Waals surface area contributed by atoms with Crippen LogP contribution < -0.4 is 9.47 Å². The number of nitrogens with zero attached hydrogens (tertiary/aromatic N) is 4. The van der Waals surface area contributed by atoms with Crippen molar-refractivity contribution in [3.8, 4) is 28.8 Å². The largest absolute Gasteiger partial charge is 0.474 e. The summed E-state index contributed by atoms with van der Waals surface area (Å²) in [5, 5.41) is 0.654. The molecule has 2 saturated heterocycles. The molecule has 9 heteroatoms. The van der Waals surface area contributed by atoms with E-state index in [0.717, 1.165) is 31.2 Å². The molecule has 4 heterocycles. The van der Waals surface area contributed by atoms with Crippen molar-refractivity contribution >= 4 is 17.7 Å². The first kappa shape index (κ1) is 25.3. The van der Waals surface area contributed by atoms with Gasteiger partial charge in [0.2, 0.25) is 11.8 Å². The monoisotopic (exact) mass is 522 g/mol. The number of amides is 1. The van der Waals surface area contributed by atoms with Gasteiger partial charge in [0.25, 0.3) is 0 Å². The van der Waals surface area contributed by atoms with Crippen LogP contribution >= 0.6 is 11.6 Å². The standard InChI is InChI=1S/C28H31ClN4O4/c1-17-25(35-22-14-20-11-12-21(15-22)33(20)27(34)37-28(2,3)4)31-16-32-26(17)36-23-6-5-13-30-24(23)18-7-9-19(29)10-8-18/h5-10,13,16,20-22H,11-12,14-15H2,1-4H3. The number of halogens is 1. The molecule has 1 aromatic carbocycles. The Hall–Kier alpha value is -3.39. The van der Waals surface area contributed by atoms with Crippen molar-refractivity contribution in [3.05, 3.63) is 59.5 Å². The second-order valence-corrected chi connectivity index (χ2v) is 11.0. The highest BCUT2D eigenvalue weighted by atomic mass is 35.5. The van der Waals surface area contributed by atoms with Gasteiger partial charge in [-0.05, 0) is 64.8 Å². The molecule has 0 saturated carbocycles. The molecule has 2 fully saturated rings. The SMILES string of the molecule is Cc1c(Oc2cccnc2-c2ccc(Cl)cc2)ncnc1OC1CC2CCC(C1)N2C(=O)OC(C)(C)C. The van der Waals surface area contributed by atoms with E-state index in [9.17, 15) is 4.79 Å². The first-order chi connectivity index (χ1) is 17.7. The van der Waals surface area contributed by atoms with Crippen molar-refractivity contribution < 1.29 is 19.0 Å². The molecule has 2 atom stereocenters. The number of rotatable bonds is 5. The number of ether oxygens (including phenoxy) is 3. The van der Waals surface area contributed by atoms with Crippen LogP contribution in [0.15, 0.2) is 48.9 Å². The third-order valence-corrected chi connectivity index (χ3v) is 6.91. The Labute approximate surface area is 222 Å². The highest BCUT2D eigenvalue weighted by molar-refractivity contribution is 6.30. The van der Waals surface area contributed by atoms with Crippen molar-refractivity contribution in [2.75, 3.05) is 0 Å². The summed E-state index contributed by atoms with van der Waals surface area (Å²) in [6.45, 7) is 7.56. The zero-order valence-electron chi connectivity index (χ0n) is 21.5. The van der Waals surface area contributed by atoms with Crippen LogP contribution in [0.25, 0.3) is 11.3 Å². The average molecular weight is 523 g/mol. The summed E-state index contributed by atoms with van der Waals surface area (Å²) in [7, 11) is 0. The van der Waals surface area contributed by atoms with E-state index in [1.807, 2.05) is 69.0 Å². The minimum atomic E-state index is -0.514. The minimum Gasteiger partial charge on any atom is -0.474 e. The number of pyridine rings is 1. The fraction of sp³-hybridized carbons (Fsp3) is 0.429. The number of aromatic nitrogens is 3. The second kappa shape index (κ2) is 10.2. The molecule has 3 aromatic rings. The van der Waals surface area contributed by atoms with Gasteiger partial charge >= 0.3 is 6.09 Å². The molecule has 5 rings (SSSR count). The third-order valence-electron chi connectivity index (χ3n) is 6.66. The zero-order valence-corrected chi connectivity index (χ0v) is 22.2. The van der Waals surface area contributed by atoms with E-state index in [1.54, 1.807) is 6.20 Å². The molecule has 37 heavy (non-hydrogen) atoms. The molecule has 2 aromatic heterocycles. The van der Waals surface area contributed by atoms with E-state index < -0.39 is 5.60 Å². The molecule has 194 valence electrons. The molecule has 0 aliphatic carbocycles. The lowest BCUT2D eigenvalue weighted by Gasteiger charge is -2.39. The molecule has 2 bridgehead atoms. The Morgan fingerprint density at radius 1 is 1.00 bits per heavy atom. The van der Waals surface area contributed by atoms with Gasteiger partial charge in [-0.3, -0.25) is 4.98 Å².